The number of aliphatic carboxylic acids is 1. The van der Waals surface area contributed by atoms with Crippen molar-refractivity contribution in [3.63, 3.8) is 0 Å². The molecule has 0 aliphatic carbocycles. The Kier molecular flexibility index (Phi) is 39.2. The normalized spacial score (nSPS) is 13.6. The number of nitrogens with zero attached hydrogens (tertiary/aromatic N) is 1. The summed E-state index contributed by atoms with van der Waals surface area (Å²) in [7, 11) is 5.52. The lowest BCUT2D eigenvalue weighted by atomic mass is 10.0. The van der Waals surface area contributed by atoms with Gasteiger partial charge in [0, 0.05) is 19.3 Å². The van der Waals surface area contributed by atoms with Gasteiger partial charge >= 0.3 is 17.9 Å². The van der Waals surface area contributed by atoms with Crippen LogP contribution >= 0.6 is 0 Å². The van der Waals surface area contributed by atoms with E-state index in [4.69, 9.17) is 14.2 Å². The molecule has 59 heavy (non-hydrogen) atoms. The lowest BCUT2D eigenvalue weighted by Crippen LogP contribution is -2.50. The number of quaternary nitrogens is 1. The van der Waals surface area contributed by atoms with Crippen LogP contribution in [0.4, 0.5) is 0 Å². The van der Waals surface area contributed by atoms with E-state index in [9.17, 15) is 19.5 Å². The second kappa shape index (κ2) is 41.5. The number of esters is 2. The number of likely N-dealkylation sites (N-methyl/N-ethyl adjacent to an activating group) is 1. The molecule has 0 aliphatic heterocycles. The molecule has 338 valence electrons. The van der Waals surface area contributed by atoms with Crippen LogP contribution in [0, 0.1) is 0 Å². The van der Waals surface area contributed by atoms with Crippen LogP contribution in [-0.4, -0.2) is 80.6 Å². The minimum atomic E-state index is -0.880. The first kappa shape index (κ1) is 55.8. The van der Waals surface area contributed by atoms with Crippen LogP contribution in [0.2, 0.25) is 0 Å². The van der Waals surface area contributed by atoms with E-state index in [1.165, 1.54) is 57.8 Å². The van der Waals surface area contributed by atoms with Gasteiger partial charge in [0.25, 0.3) is 0 Å². The Morgan fingerprint density at radius 1 is 0.525 bits per heavy atom. The van der Waals surface area contributed by atoms with E-state index in [0.29, 0.717) is 19.3 Å². The third-order valence-corrected chi connectivity index (χ3v) is 10.1. The minimum absolute atomic E-state index is 0.0511. The first-order valence-corrected chi connectivity index (χ1v) is 23.5. The zero-order chi connectivity index (χ0) is 43.5. The smallest absolute Gasteiger partial charge is 0.362 e. The maximum Gasteiger partial charge on any atom is 0.362 e. The zero-order valence-electron chi connectivity index (χ0n) is 38.4. The summed E-state index contributed by atoms with van der Waals surface area (Å²) in [5.41, 5.74) is 0. The molecule has 8 heteroatoms. The fourth-order valence-corrected chi connectivity index (χ4v) is 6.51. The molecule has 2 unspecified atom stereocenters. The molecule has 2 atom stereocenters. The highest BCUT2D eigenvalue weighted by Gasteiger charge is 2.31. The Labute approximate surface area is 361 Å². The van der Waals surface area contributed by atoms with Gasteiger partial charge in [-0.25, -0.2) is 4.79 Å². The van der Waals surface area contributed by atoms with Gasteiger partial charge in [0.15, 0.2) is 12.1 Å². The molecule has 1 N–H and O–H groups in total. The fraction of sp³-hybridized carbons (Fsp3) is 0.706. The number of unbranched alkanes of at least 4 members (excludes halogenated alkanes) is 15. The maximum atomic E-state index is 12.7. The first-order valence-electron chi connectivity index (χ1n) is 23.5. The fourth-order valence-electron chi connectivity index (χ4n) is 6.51. The predicted molar refractivity (Wildman–Crippen MR) is 247 cm³/mol. The van der Waals surface area contributed by atoms with Crippen molar-refractivity contribution in [2.45, 2.75) is 193 Å². The summed E-state index contributed by atoms with van der Waals surface area (Å²) < 4.78 is 17.3. The Morgan fingerprint density at radius 2 is 0.949 bits per heavy atom. The number of rotatable bonds is 41. The lowest BCUT2D eigenvalue weighted by Gasteiger charge is -2.31. The molecule has 0 fully saturated rings. The Balaban J connectivity index is 4.32. The van der Waals surface area contributed by atoms with Gasteiger partial charge in [-0.2, -0.15) is 0 Å². The highest BCUT2D eigenvalue weighted by molar-refractivity contribution is 5.72. The van der Waals surface area contributed by atoms with Crippen LogP contribution in [0.25, 0.3) is 0 Å². The van der Waals surface area contributed by atoms with E-state index in [1.807, 2.05) is 21.1 Å². The Morgan fingerprint density at radius 3 is 1.41 bits per heavy atom. The van der Waals surface area contributed by atoms with Gasteiger partial charge in [-0.05, 0) is 64.2 Å². The number of ether oxygens (including phenoxy) is 3. The summed E-state index contributed by atoms with van der Waals surface area (Å²) in [5, 5.41) is 9.62. The molecule has 0 saturated carbocycles. The van der Waals surface area contributed by atoms with Crippen LogP contribution in [-0.2, 0) is 28.6 Å². The molecule has 0 heterocycles. The average molecular weight is 827 g/mol. The molecule has 0 spiro atoms. The third kappa shape index (κ3) is 40.0. The van der Waals surface area contributed by atoms with Crippen LogP contribution in [0.15, 0.2) is 72.9 Å². The number of hydrogen-bond donors (Lipinski definition) is 1. The van der Waals surface area contributed by atoms with Crippen molar-refractivity contribution in [2.24, 2.45) is 0 Å². The quantitative estimate of drug-likeness (QED) is 0.0284. The molecule has 0 aromatic rings. The molecule has 0 aromatic carbocycles. The highest BCUT2D eigenvalue weighted by atomic mass is 16.6. The summed E-state index contributed by atoms with van der Waals surface area (Å²) in [6.07, 6.45) is 52.3. The van der Waals surface area contributed by atoms with Gasteiger partial charge in [-0.3, -0.25) is 9.59 Å². The maximum absolute atomic E-state index is 12.7. The Bertz CT molecular complexity index is 1190. The second-order valence-corrected chi connectivity index (χ2v) is 16.6. The van der Waals surface area contributed by atoms with Crippen LogP contribution < -0.4 is 0 Å². The van der Waals surface area contributed by atoms with E-state index in [1.54, 1.807) is 0 Å². The van der Waals surface area contributed by atoms with Gasteiger partial charge in [0.2, 0.25) is 0 Å². The molecule has 0 radical (unpaired) electrons. The lowest BCUT2D eigenvalue weighted by molar-refractivity contribution is -0.887. The van der Waals surface area contributed by atoms with Crippen molar-refractivity contribution < 1.29 is 38.2 Å². The molecule has 0 bridgehead atoms. The second-order valence-electron chi connectivity index (χ2n) is 16.6. The molecule has 0 aromatic heterocycles. The van der Waals surface area contributed by atoms with Gasteiger partial charge < -0.3 is 23.8 Å². The molecule has 0 rings (SSSR count). The largest absolute Gasteiger partial charge is 0.477 e. The summed E-state index contributed by atoms with van der Waals surface area (Å²) in [5.74, 6) is -1.50. The number of carboxylic acid groups (broad SMARTS) is 1. The number of carbonyl (C=O) groups excluding carboxylic acids is 2. The van der Waals surface area contributed by atoms with Crippen molar-refractivity contribution in [1.82, 2.24) is 0 Å². The zero-order valence-corrected chi connectivity index (χ0v) is 38.4. The van der Waals surface area contributed by atoms with E-state index < -0.39 is 18.1 Å². The molecule has 0 aliphatic rings. The topological polar surface area (TPSA) is 99.1 Å². The summed E-state index contributed by atoms with van der Waals surface area (Å²) >= 11 is 0. The first-order chi connectivity index (χ1) is 28.6. The SMILES string of the molecule is CC/C=C/C/C=C/C/C=C/C/C=C/C/C=C/C/C=C/CCCCCCC(=O)OCC(COCCC(C(=O)O)[N+](C)(C)C)OC(=O)CCCCCCCCCCCCCC. The van der Waals surface area contributed by atoms with Gasteiger partial charge in [-0.15, -0.1) is 0 Å². The van der Waals surface area contributed by atoms with Gasteiger partial charge in [-0.1, -0.05) is 170 Å². The average Bonchev–Trinajstić information content (AvgIpc) is 3.19. The number of carbonyl (C=O) groups is 3. The van der Waals surface area contributed by atoms with Crippen LogP contribution in [0.5, 0.6) is 0 Å². The van der Waals surface area contributed by atoms with E-state index in [0.717, 1.165) is 89.9 Å². The standard InChI is InChI=1S/C51H87NO7/c1-6-8-10-12-14-16-18-20-21-22-23-24-25-26-27-28-29-30-32-33-35-37-39-41-49(53)58-46-47(45-57-44-43-48(51(55)56)52(3,4)5)59-50(54)42-40-38-36-34-31-19-17-15-13-11-9-7-2/h8,10,14,16,20-21,23-24,26-27,29-30,47-48H,6-7,9,11-13,15,17-19,22,25,28,31-46H2,1-5H3/p+1/b10-8+,16-14+,21-20+,24-23+,27-26+,30-29+. The monoisotopic (exact) mass is 827 g/mol. The third-order valence-electron chi connectivity index (χ3n) is 10.1. The number of allylic oxidation sites excluding steroid dienone is 12. The van der Waals surface area contributed by atoms with Crippen molar-refractivity contribution in [2.75, 3.05) is 41.0 Å². The molecular weight excluding hydrogens is 739 g/mol. The number of hydrogen-bond acceptors (Lipinski definition) is 6. The molecular formula is C51H88NO7+. The van der Waals surface area contributed by atoms with E-state index in [2.05, 4.69) is 86.8 Å². The Hall–Kier alpha value is -3.23. The molecule has 0 saturated heterocycles. The van der Waals surface area contributed by atoms with Crippen molar-refractivity contribution >= 4 is 17.9 Å². The van der Waals surface area contributed by atoms with Crippen molar-refractivity contribution in [3.8, 4) is 0 Å². The summed E-state index contributed by atoms with van der Waals surface area (Å²) in [6, 6.07) is -0.620. The minimum Gasteiger partial charge on any atom is -0.477 e. The molecule has 0 amide bonds. The predicted octanol–water partition coefficient (Wildman–Crippen LogP) is 13.1. The highest BCUT2D eigenvalue weighted by Crippen LogP contribution is 2.14. The summed E-state index contributed by atoms with van der Waals surface area (Å²) in [4.78, 5) is 37.0. The van der Waals surface area contributed by atoms with E-state index in [-0.39, 0.29) is 36.2 Å². The summed E-state index contributed by atoms with van der Waals surface area (Å²) in [6.45, 7) is 4.59. The number of carboxylic acids is 1. The van der Waals surface area contributed by atoms with Crippen LogP contribution in [0.3, 0.4) is 0 Å². The van der Waals surface area contributed by atoms with E-state index >= 15 is 0 Å². The van der Waals surface area contributed by atoms with Gasteiger partial charge in [0.1, 0.15) is 6.61 Å². The van der Waals surface area contributed by atoms with Crippen LogP contribution in [0.1, 0.15) is 181 Å². The van der Waals surface area contributed by atoms with Crippen molar-refractivity contribution in [1.29, 1.82) is 0 Å². The van der Waals surface area contributed by atoms with Crippen molar-refractivity contribution in [3.05, 3.63) is 72.9 Å². The molecule has 8 nitrogen and oxygen atoms in total. The van der Waals surface area contributed by atoms with Gasteiger partial charge in [0.05, 0.1) is 34.4 Å².